The largest absolute Gasteiger partial charge is 0.493 e. The second-order valence-electron chi connectivity index (χ2n) is 9.61. The molecule has 1 saturated heterocycles. The first kappa shape index (κ1) is 21.4. The van der Waals surface area contributed by atoms with Gasteiger partial charge in [-0.05, 0) is 64.3 Å². The summed E-state index contributed by atoms with van der Waals surface area (Å²) in [5.41, 5.74) is 4.30. The lowest BCUT2D eigenvalue weighted by Gasteiger charge is -2.32. The number of hydrogen-bond donors (Lipinski definition) is 0. The average Bonchev–Trinajstić information content (AvgIpc) is 3.27. The molecule has 1 amide bonds. The van der Waals surface area contributed by atoms with Gasteiger partial charge >= 0.3 is 0 Å². The van der Waals surface area contributed by atoms with Gasteiger partial charge in [-0.3, -0.25) is 4.79 Å². The molecule has 0 spiro atoms. The first-order valence-electron chi connectivity index (χ1n) is 11.2. The van der Waals surface area contributed by atoms with E-state index in [0.717, 1.165) is 42.1 Å². The Morgan fingerprint density at radius 3 is 2.45 bits per heavy atom. The van der Waals surface area contributed by atoms with Crippen LogP contribution in [0.3, 0.4) is 0 Å². The first-order valence-corrected chi connectivity index (χ1v) is 11.2. The third-order valence-electron chi connectivity index (χ3n) is 6.17. The standard InChI is InChI=1S/C26H33N3O2/c1-18-10-8-11-19(2)24(18)31-15-9-14-28-22-13-7-6-12-21(22)27-25(28)20-16-23(30)29(17-20)26(3,4)5/h6-8,10-13,20H,9,14-17H2,1-5H3/t20-/m1/s1. The number of fused-ring (bicyclic) bond motifs is 1. The quantitative estimate of drug-likeness (QED) is 0.514. The molecule has 0 radical (unpaired) electrons. The second kappa shape index (κ2) is 8.37. The van der Waals surface area contributed by atoms with Gasteiger partial charge in [0.2, 0.25) is 5.91 Å². The lowest BCUT2D eigenvalue weighted by Crippen LogP contribution is -2.42. The number of para-hydroxylation sites is 3. The highest BCUT2D eigenvalue weighted by Crippen LogP contribution is 2.34. The first-order chi connectivity index (χ1) is 14.8. The fraction of sp³-hybridized carbons (Fsp3) is 0.462. The van der Waals surface area contributed by atoms with E-state index < -0.39 is 0 Å². The molecule has 2 aromatic carbocycles. The number of rotatable bonds is 6. The monoisotopic (exact) mass is 419 g/mol. The summed E-state index contributed by atoms with van der Waals surface area (Å²) in [7, 11) is 0. The van der Waals surface area contributed by atoms with Gasteiger partial charge in [0, 0.05) is 31.0 Å². The van der Waals surface area contributed by atoms with Gasteiger partial charge in [-0.15, -0.1) is 0 Å². The van der Waals surface area contributed by atoms with Gasteiger partial charge in [0.15, 0.2) is 0 Å². The Hall–Kier alpha value is -2.82. The Labute approximate surface area is 185 Å². The van der Waals surface area contributed by atoms with Crippen LogP contribution in [-0.4, -0.2) is 39.0 Å². The number of benzene rings is 2. The summed E-state index contributed by atoms with van der Waals surface area (Å²) < 4.78 is 8.43. The molecule has 3 aromatic rings. The van der Waals surface area contributed by atoms with Crippen LogP contribution in [0.5, 0.6) is 5.75 Å². The normalized spacial score (nSPS) is 17.0. The highest BCUT2D eigenvalue weighted by Gasteiger charge is 2.38. The zero-order valence-corrected chi connectivity index (χ0v) is 19.3. The number of nitrogens with zero attached hydrogens (tertiary/aromatic N) is 3. The molecule has 0 aliphatic carbocycles. The van der Waals surface area contributed by atoms with Gasteiger partial charge in [-0.2, -0.15) is 0 Å². The van der Waals surface area contributed by atoms with E-state index in [2.05, 4.69) is 75.6 Å². The van der Waals surface area contributed by atoms with Gasteiger partial charge in [0.1, 0.15) is 11.6 Å². The molecule has 0 bridgehead atoms. The average molecular weight is 420 g/mol. The van der Waals surface area contributed by atoms with E-state index in [0.29, 0.717) is 13.0 Å². The van der Waals surface area contributed by atoms with Crippen LogP contribution in [0.25, 0.3) is 11.0 Å². The number of aryl methyl sites for hydroxylation is 3. The molecule has 5 heteroatoms. The number of likely N-dealkylation sites (tertiary alicyclic amines) is 1. The molecular weight excluding hydrogens is 386 g/mol. The predicted octanol–water partition coefficient (Wildman–Crippen LogP) is 5.24. The molecule has 164 valence electrons. The van der Waals surface area contributed by atoms with Crippen LogP contribution < -0.4 is 4.74 Å². The Morgan fingerprint density at radius 1 is 1.06 bits per heavy atom. The van der Waals surface area contributed by atoms with Crippen molar-refractivity contribution in [1.29, 1.82) is 0 Å². The van der Waals surface area contributed by atoms with Crippen LogP contribution in [0.2, 0.25) is 0 Å². The van der Waals surface area contributed by atoms with Gasteiger partial charge in [0.25, 0.3) is 0 Å². The van der Waals surface area contributed by atoms with Crippen LogP contribution in [-0.2, 0) is 11.3 Å². The highest BCUT2D eigenvalue weighted by molar-refractivity contribution is 5.81. The molecule has 31 heavy (non-hydrogen) atoms. The predicted molar refractivity (Wildman–Crippen MR) is 125 cm³/mol. The number of hydrogen-bond acceptors (Lipinski definition) is 3. The summed E-state index contributed by atoms with van der Waals surface area (Å²) in [4.78, 5) is 19.6. The van der Waals surface area contributed by atoms with Crippen LogP contribution in [0, 0.1) is 13.8 Å². The molecule has 0 N–H and O–H groups in total. The topological polar surface area (TPSA) is 47.4 Å². The third-order valence-corrected chi connectivity index (χ3v) is 6.17. The Bertz CT molecular complexity index is 1070. The fourth-order valence-corrected chi connectivity index (χ4v) is 4.59. The van der Waals surface area contributed by atoms with Crippen LogP contribution in [0.4, 0.5) is 0 Å². The van der Waals surface area contributed by atoms with E-state index in [9.17, 15) is 4.79 Å². The number of carbonyl (C=O) groups excluding carboxylic acids is 1. The molecule has 1 fully saturated rings. The van der Waals surface area contributed by atoms with Crippen molar-refractivity contribution in [1.82, 2.24) is 14.5 Å². The van der Waals surface area contributed by atoms with Crippen LogP contribution in [0.1, 0.15) is 56.5 Å². The summed E-state index contributed by atoms with van der Waals surface area (Å²) in [5, 5.41) is 0. The maximum absolute atomic E-state index is 12.7. The van der Waals surface area contributed by atoms with Crippen LogP contribution in [0.15, 0.2) is 42.5 Å². The molecule has 1 aliphatic rings. The fourth-order valence-electron chi connectivity index (χ4n) is 4.59. The Balaban J connectivity index is 1.53. The molecule has 5 nitrogen and oxygen atoms in total. The van der Waals surface area contributed by atoms with E-state index in [1.807, 2.05) is 11.0 Å². The Morgan fingerprint density at radius 2 is 1.77 bits per heavy atom. The molecule has 0 unspecified atom stereocenters. The van der Waals surface area contributed by atoms with Gasteiger partial charge in [0.05, 0.1) is 17.6 Å². The van der Waals surface area contributed by atoms with Crippen molar-refractivity contribution in [2.45, 2.75) is 65.5 Å². The van der Waals surface area contributed by atoms with E-state index in [4.69, 9.17) is 9.72 Å². The summed E-state index contributed by atoms with van der Waals surface area (Å²) in [6.07, 6.45) is 1.41. The zero-order valence-electron chi connectivity index (χ0n) is 19.3. The summed E-state index contributed by atoms with van der Waals surface area (Å²) in [5.74, 6) is 2.35. The van der Waals surface area contributed by atoms with Crippen molar-refractivity contribution in [3.8, 4) is 5.75 Å². The minimum Gasteiger partial charge on any atom is -0.493 e. The molecule has 1 aliphatic heterocycles. The van der Waals surface area contributed by atoms with Gasteiger partial charge in [-0.1, -0.05) is 30.3 Å². The van der Waals surface area contributed by atoms with Crippen molar-refractivity contribution in [3.05, 3.63) is 59.4 Å². The van der Waals surface area contributed by atoms with Crippen molar-refractivity contribution in [2.75, 3.05) is 13.2 Å². The minimum absolute atomic E-state index is 0.124. The molecule has 1 aromatic heterocycles. The Kier molecular flexibility index (Phi) is 5.78. The summed E-state index contributed by atoms with van der Waals surface area (Å²) in [6, 6.07) is 14.5. The number of imidazole rings is 1. The van der Waals surface area contributed by atoms with Gasteiger partial charge in [-0.25, -0.2) is 4.98 Å². The lowest BCUT2D eigenvalue weighted by molar-refractivity contribution is -0.131. The van der Waals surface area contributed by atoms with Crippen LogP contribution >= 0.6 is 0 Å². The van der Waals surface area contributed by atoms with Crippen molar-refractivity contribution in [3.63, 3.8) is 0 Å². The SMILES string of the molecule is Cc1cccc(C)c1OCCCn1c([C@@H]2CC(=O)N(C(C)(C)C)C2)nc2ccccc21. The third kappa shape index (κ3) is 4.32. The number of amides is 1. The van der Waals surface area contributed by atoms with E-state index in [1.165, 1.54) is 11.1 Å². The van der Waals surface area contributed by atoms with E-state index in [1.54, 1.807) is 0 Å². The van der Waals surface area contributed by atoms with E-state index in [-0.39, 0.29) is 17.4 Å². The number of aromatic nitrogens is 2. The molecule has 0 saturated carbocycles. The maximum Gasteiger partial charge on any atom is 0.223 e. The smallest absolute Gasteiger partial charge is 0.223 e. The molecule has 1 atom stereocenters. The van der Waals surface area contributed by atoms with Gasteiger partial charge < -0.3 is 14.2 Å². The number of ether oxygens (including phenoxy) is 1. The van der Waals surface area contributed by atoms with Crippen molar-refractivity contribution >= 4 is 16.9 Å². The van der Waals surface area contributed by atoms with Crippen molar-refractivity contribution in [2.24, 2.45) is 0 Å². The highest BCUT2D eigenvalue weighted by atomic mass is 16.5. The summed E-state index contributed by atoms with van der Waals surface area (Å²) in [6.45, 7) is 12.7. The maximum atomic E-state index is 12.7. The lowest BCUT2D eigenvalue weighted by atomic mass is 10.1. The number of carbonyl (C=O) groups is 1. The van der Waals surface area contributed by atoms with E-state index >= 15 is 0 Å². The minimum atomic E-state index is -0.165. The molecular formula is C26H33N3O2. The van der Waals surface area contributed by atoms with Crippen molar-refractivity contribution < 1.29 is 9.53 Å². The zero-order chi connectivity index (χ0) is 22.2. The second-order valence-corrected chi connectivity index (χ2v) is 9.61. The molecule has 4 rings (SSSR count). The molecule has 2 heterocycles. The summed E-state index contributed by atoms with van der Waals surface area (Å²) >= 11 is 0.